The summed E-state index contributed by atoms with van der Waals surface area (Å²) in [5.74, 6) is 1.37. The van der Waals surface area contributed by atoms with Crippen molar-refractivity contribution in [2.45, 2.75) is 84.1 Å². The summed E-state index contributed by atoms with van der Waals surface area (Å²) in [6, 6.07) is 0. The van der Waals surface area contributed by atoms with Gasteiger partial charge >= 0.3 is 0 Å². The molecule has 2 rings (SSSR count). The summed E-state index contributed by atoms with van der Waals surface area (Å²) >= 11 is 0. The molecule has 2 unspecified atom stereocenters. The Morgan fingerprint density at radius 1 is 1.19 bits per heavy atom. The quantitative estimate of drug-likeness (QED) is 0.813. The maximum Gasteiger partial charge on any atom is 0.226 e. The molecule has 3 N–H and O–H groups in total. The highest BCUT2D eigenvalue weighted by Crippen LogP contribution is 2.44. The van der Waals surface area contributed by atoms with Crippen molar-refractivity contribution in [2.75, 3.05) is 6.54 Å². The van der Waals surface area contributed by atoms with Crippen molar-refractivity contribution >= 4 is 5.91 Å². The van der Waals surface area contributed by atoms with Gasteiger partial charge in [0.25, 0.3) is 0 Å². The molecule has 2 atom stereocenters. The molecule has 2 aliphatic carbocycles. The minimum absolute atomic E-state index is 0.118. The topological polar surface area (TPSA) is 55.1 Å². The standard InChI is InChI=1S/C18H34N2O/c1-14(2)12-17(9-6-7-10-17)16(21)20-18(13-19)11-5-4-8-15(18)3/h14-15H,4-13,19H2,1-3H3,(H,20,21). The first-order valence-electron chi connectivity index (χ1n) is 8.97. The second-order valence-corrected chi connectivity index (χ2v) is 8.05. The van der Waals surface area contributed by atoms with Gasteiger partial charge < -0.3 is 11.1 Å². The van der Waals surface area contributed by atoms with E-state index < -0.39 is 0 Å². The first-order chi connectivity index (χ1) is 9.94. The van der Waals surface area contributed by atoms with Crippen molar-refractivity contribution in [2.24, 2.45) is 23.0 Å². The van der Waals surface area contributed by atoms with Gasteiger partial charge in [-0.1, -0.05) is 46.5 Å². The molecule has 2 fully saturated rings. The predicted octanol–water partition coefficient (Wildman–Crippen LogP) is 3.62. The van der Waals surface area contributed by atoms with E-state index in [1.165, 1.54) is 32.1 Å². The molecule has 21 heavy (non-hydrogen) atoms. The monoisotopic (exact) mass is 294 g/mol. The molecule has 0 saturated heterocycles. The first-order valence-corrected chi connectivity index (χ1v) is 8.97. The van der Waals surface area contributed by atoms with E-state index >= 15 is 0 Å². The first kappa shape index (κ1) is 16.8. The van der Waals surface area contributed by atoms with Crippen LogP contribution in [-0.2, 0) is 4.79 Å². The fourth-order valence-corrected chi connectivity index (χ4v) is 4.67. The lowest BCUT2D eigenvalue weighted by Gasteiger charge is -2.45. The van der Waals surface area contributed by atoms with Gasteiger partial charge in [0.15, 0.2) is 0 Å². The number of hydrogen-bond acceptors (Lipinski definition) is 2. The van der Waals surface area contributed by atoms with Crippen LogP contribution in [0.3, 0.4) is 0 Å². The van der Waals surface area contributed by atoms with Crippen molar-refractivity contribution in [3.05, 3.63) is 0 Å². The van der Waals surface area contributed by atoms with Gasteiger partial charge in [-0.15, -0.1) is 0 Å². The lowest BCUT2D eigenvalue weighted by Crippen LogP contribution is -2.61. The van der Waals surface area contributed by atoms with Crippen LogP contribution in [0.4, 0.5) is 0 Å². The van der Waals surface area contributed by atoms with E-state index in [1.807, 2.05) is 0 Å². The maximum absolute atomic E-state index is 13.1. The summed E-state index contributed by atoms with van der Waals surface area (Å²) in [6.07, 6.45) is 10.3. The van der Waals surface area contributed by atoms with Crippen molar-refractivity contribution in [3.8, 4) is 0 Å². The average Bonchev–Trinajstić information content (AvgIpc) is 2.90. The van der Waals surface area contributed by atoms with Crippen LogP contribution in [0.25, 0.3) is 0 Å². The molecule has 0 aliphatic heterocycles. The van der Waals surface area contributed by atoms with Crippen LogP contribution in [0.5, 0.6) is 0 Å². The summed E-state index contributed by atoms with van der Waals surface area (Å²) in [4.78, 5) is 13.1. The Bertz CT molecular complexity index is 360. The van der Waals surface area contributed by atoms with Gasteiger partial charge in [0.2, 0.25) is 5.91 Å². The Hall–Kier alpha value is -0.570. The molecule has 0 aromatic heterocycles. The summed E-state index contributed by atoms with van der Waals surface area (Å²) in [5.41, 5.74) is 5.84. The molecule has 0 aromatic carbocycles. The van der Waals surface area contributed by atoms with Crippen molar-refractivity contribution in [3.63, 3.8) is 0 Å². The van der Waals surface area contributed by atoms with Gasteiger partial charge in [-0.2, -0.15) is 0 Å². The number of carbonyl (C=O) groups is 1. The molecular weight excluding hydrogens is 260 g/mol. The number of nitrogens with two attached hydrogens (primary N) is 1. The summed E-state index contributed by atoms with van der Waals surface area (Å²) in [6.45, 7) is 7.30. The largest absolute Gasteiger partial charge is 0.349 e. The number of nitrogens with one attached hydrogen (secondary N) is 1. The summed E-state index contributed by atoms with van der Waals surface area (Å²) in [7, 11) is 0. The molecule has 2 aliphatic rings. The zero-order valence-electron chi connectivity index (χ0n) is 14.2. The second kappa shape index (κ2) is 6.68. The number of amides is 1. The molecule has 0 spiro atoms. The number of carbonyl (C=O) groups excluding carboxylic acids is 1. The average molecular weight is 294 g/mol. The van der Waals surface area contributed by atoms with E-state index in [1.54, 1.807) is 0 Å². The van der Waals surface area contributed by atoms with Gasteiger partial charge in [0.05, 0.1) is 5.54 Å². The van der Waals surface area contributed by atoms with E-state index in [0.717, 1.165) is 25.7 Å². The third kappa shape index (κ3) is 3.44. The molecular formula is C18H34N2O. The van der Waals surface area contributed by atoms with Crippen LogP contribution in [0.2, 0.25) is 0 Å². The van der Waals surface area contributed by atoms with Crippen LogP contribution >= 0.6 is 0 Å². The molecule has 2 saturated carbocycles. The van der Waals surface area contributed by atoms with Crippen LogP contribution < -0.4 is 11.1 Å². The number of hydrogen-bond donors (Lipinski definition) is 2. The summed E-state index contributed by atoms with van der Waals surface area (Å²) < 4.78 is 0. The van der Waals surface area contributed by atoms with E-state index in [9.17, 15) is 4.79 Å². The maximum atomic E-state index is 13.1. The van der Waals surface area contributed by atoms with Crippen LogP contribution in [0, 0.1) is 17.3 Å². The molecule has 0 heterocycles. The van der Waals surface area contributed by atoms with Gasteiger partial charge in [-0.05, 0) is 43.9 Å². The smallest absolute Gasteiger partial charge is 0.226 e. The van der Waals surface area contributed by atoms with Crippen molar-refractivity contribution < 1.29 is 4.79 Å². The Morgan fingerprint density at radius 3 is 2.33 bits per heavy atom. The second-order valence-electron chi connectivity index (χ2n) is 8.05. The van der Waals surface area contributed by atoms with Crippen LogP contribution in [-0.4, -0.2) is 18.0 Å². The zero-order valence-corrected chi connectivity index (χ0v) is 14.2. The van der Waals surface area contributed by atoms with E-state index in [0.29, 0.717) is 24.3 Å². The van der Waals surface area contributed by atoms with E-state index in [-0.39, 0.29) is 11.0 Å². The normalized spacial score (nSPS) is 32.3. The fraction of sp³-hybridized carbons (Fsp3) is 0.944. The third-order valence-corrected chi connectivity index (χ3v) is 6.02. The van der Waals surface area contributed by atoms with Crippen molar-refractivity contribution in [1.29, 1.82) is 0 Å². The fourth-order valence-electron chi connectivity index (χ4n) is 4.67. The minimum atomic E-state index is -0.151. The molecule has 1 amide bonds. The molecule has 0 aromatic rings. The Labute approximate surface area is 130 Å². The van der Waals surface area contributed by atoms with E-state index in [4.69, 9.17) is 5.73 Å². The Balaban J connectivity index is 2.13. The lowest BCUT2D eigenvalue weighted by atomic mass is 9.71. The third-order valence-electron chi connectivity index (χ3n) is 6.02. The highest BCUT2D eigenvalue weighted by atomic mass is 16.2. The Morgan fingerprint density at radius 2 is 1.81 bits per heavy atom. The van der Waals surface area contributed by atoms with E-state index in [2.05, 4.69) is 26.1 Å². The molecule has 3 heteroatoms. The molecule has 0 radical (unpaired) electrons. The molecule has 0 bridgehead atoms. The predicted molar refractivity (Wildman–Crippen MR) is 87.9 cm³/mol. The van der Waals surface area contributed by atoms with Crippen LogP contribution in [0.1, 0.15) is 78.6 Å². The van der Waals surface area contributed by atoms with Crippen molar-refractivity contribution in [1.82, 2.24) is 5.32 Å². The summed E-state index contributed by atoms with van der Waals surface area (Å²) in [5, 5.41) is 3.46. The highest BCUT2D eigenvalue weighted by Gasteiger charge is 2.46. The highest BCUT2D eigenvalue weighted by molar-refractivity contribution is 5.83. The van der Waals surface area contributed by atoms with Crippen LogP contribution in [0.15, 0.2) is 0 Å². The van der Waals surface area contributed by atoms with Gasteiger partial charge in [0.1, 0.15) is 0 Å². The number of rotatable bonds is 5. The SMILES string of the molecule is CC(C)CC1(C(=O)NC2(CN)CCCCC2C)CCCC1. The lowest BCUT2D eigenvalue weighted by molar-refractivity contribution is -0.135. The molecule has 122 valence electrons. The minimum Gasteiger partial charge on any atom is -0.349 e. The Kier molecular flexibility index (Phi) is 5.34. The zero-order chi connectivity index (χ0) is 15.5. The van der Waals surface area contributed by atoms with Gasteiger partial charge in [-0.25, -0.2) is 0 Å². The van der Waals surface area contributed by atoms with Gasteiger partial charge in [-0.3, -0.25) is 4.79 Å². The molecule has 3 nitrogen and oxygen atoms in total. The van der Waals surface area contributed by atoms with Gasteiger partial charge in [0, 0.05) is 12.0 Å².